The lowest BCUT2D eigenvalue weighted by atomic mass is 9.87. The molecular weight excluding hydrogens is 378 g/mol. The molecular formula is C20H32ClN5O2. The molecule has 3 heterocycles. The maximum absolute atomic E-state index is 13.2. The number of hydrogen-bond donors (Lipinski definition) is 2. The standard InChI is InChI=1S/C20H31N5O2.ClH/c26-18(16-5-2-1-3-6-16)24-14-7-17(15-24)23-19(27)20(8-11-21-12-9-20)25-13-4-10-22-25;/h4,10,13,16-17,21H,1-3,5-9,11-12,14-15H2,(H,23,27);1H. The van der Waals surface area contributed by atoms with E-state index < -0.39 is 5.54 Å². The Morgan fingerprint density at radius 3 is 2.54 bits per heavy atom. The molecule has 1 aliphatic carbocycles. The highest BCUT2D eigenvalue weighted by Crippen LogP contribution is 2.29. The summed E-state index contributed by atoms with van der Waals surface area (Å²) >= 11 is 0. The molecule has 2 aliphatic heterocycles. The molecule has 28 heavy (non-hydrogen) atoms. The molecule has 8 heteroatoms. The molecule has 0 radical (unpaired) electrons. The van der Waals surface area contributed by atoms with Crippen LogP contribution in [0.3, 0.4) is 0 Å². The number of rotatable bonds is 4. The molecule has 3 fully saturated rings. The van der Waals surface area contributed by atoms with Crippen LogP contribution >= 0.6 is 12.4 Å². The molecule has 7 nitrogen and oxygen atoms in total. The fourth-order valence-electron chi connectivity index (χ4n) is 4.93. The van der Waals surface area contributed by atoms with Crippen LogP contribution in [0.4, 0.5) is 0 Å². The molecule has 1 saturated carbocycles. The minimum Gasteiger partial charge on any atom is -0.349 e. The van der Waals surface area contributed by atoms with E-state index >= 15 is 0 Å². The summed E-state index contributed by atoms with van der Waals surface area (Å²) in [5, 5.41) is 11.0. The quantitative estimate of drug-likeness (QED) is 0.793. The van der Waals surface area contributed by atoms with Gasteiger partial charge in [-0.05, 0) is 51.3 Å². The van der Waals surface area contributed by atoms with Crippen molar-refractivity contribution < 1.29 is 9.59 Å². The second-order valence-corrected chi connectivity index (χ2v) is 8.31. The largest absolute Gasteiger partial charge is 0.349 e. The summed E-state index contributed by atoms with van der Waals surface area (Å²) in [6, 6.07) is 1.92. The Bertz CT molecular complexity index is 654. The van der Waals surface area contributed by atoms with Gasteiger partial charge in [0.25, 0.3) is 0 Å². The van der Waals surface area contributed by atoms with Crippen molar-refractivity contribution in [1.82, 2.24) is 25.3 Å². The first-order valence-corrected chi connectivity index (χ1v) is 10.5. The zero-order chi connectivity index (χ0) is 18.7. The number of halogens is 1. The van der Waals surface area contributed by atoms with Crippen molar-refractivity contribution >= 4 is 24.2 Å². The first-order valence-electron chi connectivity index (χ1n) is 10.5. The smallest absolute Gasteiger partial charge is 0.248 e. The molecule has 156 valence electrons. The van der Waals surface area contributed by atoms with Gasteiger partial charge >= 0.3 is 0 Å². The number of aromatic nitrogens is 2. The van der Waals surface area contributed by atoms with Gasteiger partial charge in [-0.3, -0.25) is 14.3 Å². The number of piperidine rings is 1. The molecule has 1 aromatic heterocycles. The monoisotopic (exact) mass is 409 g/mol. The Labute approximate surface area is 173 Å². The highest BCUT2D eigenvalue weighted by Gasteiger charge is 2.43. The van der Waals surface area contributed by atoms with E-state index in [0.717, 1.165) is 51.7 Å². The van der Waals surface area contributed by atoms with Crippen LogP contribution in [0.1, 0.15) is 51.4 Å². The molecule has 2 saturated heterocycles. The average molecular weight is 410 g/mol. The molecule has 1 atom stereocenters. The van der Waals surface area contributed by atoms with Crippen molar-refractivity contribution in [2.45, 2.75) is 62.9 Å². The number of carbonyl (C=O) groups excluding carboxylic acids is 2. The molecule has 4 rings (SSSR count). The van der Waals surface area contributed by atoms with Crippen molar-refractivity contribution in [2.75, 3.05) is 26.2 Å². The second-order valence-electron chi connectivity index (χ2n) is 8.31. The fourth-order valence-corrected chi connectivity index (χ4v) is 4.93. The lowest BCUT2D eigenvalue weighted by molar-refractivity contribution is -0.136. The third kappa shape index (κ3) is 4.20. The molecule has 2 N–H and O–H groups in total. The number of likely N-dealkylation sites (tertiary alicyclic amines) is 1. The maximum atomic E-state index is 13.2. The van der Waals surface area contributed by atoms with Gasteiger partial charge in [0.2, 0.25) is 11.8 Å². The van der Waals surface area contributed by atoms with Gasteiger partial charge in [0, 0.05) is 37.4 Å². The third-order valence-corrected chi connectivity index (χ3v) is 6.59. The third-order valence-electron chi connectivity index (χ3n) is 6.59. The number of nitrogens with zero attached hydrogens (tertiary/aromatic N) is 3. The lowest BCUT2D eigenvalue weighted by Gasteiger charge is -2.37. The normalized spacial score (nSPS) is 25.1. The Morgan fingerprint density at radius 2 is 1.86 bits per heavy atom. The molecule has 3 aliphatic rings. The van der Waals surface area contributed by atoms with Gasteiger partial charge < -0.3 is 15.5 Å². The Morgan fingerprint density at radius 1 is 1.11 bits per heavy atom. The van der Waals surface area contributed by atoms with Crippen molar-refractivity contribution in [3.05, 3.63) is 18.5 Å². The van der Waals surface area contributed by atoms with Crippen LogP contribution in [-0.2, 0) is 15.1 Å². The Balaban J connectivity index is 0.00000225. The summed E-state index contributed by atoms with van der Waals surface area (Å²) in [6.45, 7) is 3.03. The van der Waals surface area contributed by atoms with Crippen LogP contribution in [0.15, 0.2) is 18.5 Å². The SMILES string of the molecule is Cl.O=C(C1CCCCC1)N1CCC(NC(=O)C2(n3cccn3)CCNCC2)C1. The fraction of sp³-hybridized carbons (Fsp3) is 0.750. The predicted molar refractivity (Wildman–Crippen MR) is 109 cm³/mol. The van der Waals surface area contributed by atoms with Gasteiger partial charge in [-0.15, -0.1) is 12.4 Å². The van der Waals surface area contributed by atoms with Crippen LogP contribution in [0.5, 0.6) is 0 Å². The molecule has 2 amide bonds. The van der Waals surface area contributed by atoms with Gasteiger partial charge in [-0.2, -0.15) is 5.10 Å². The van der Waals surface area contributed by atoms with E-state index in [-0.39, 0.29) is 30.3 Å². The van der Waals surface area contributed by atoms with Crippen molar-refractivity contribution in [3.8, 4) is 0 Å². The van der Waals surface area contributed by atoms with Gasteiger partial charge in [-0.1, -0.05) is 19.3 Å². The lowest BCUT2D eigenvalue weighted by Crippen LogP contribution is -2.56. The minimum absolute atomic E-state index is 0. The van der Waals surface area contributed by atoms with E-state index in [1.54, 1.807) is 6.20 Å². The topological polar surface area (TPSA) is 79.3 Å². The molecule has 1 aromatic rings. The Hall–Kier alpha value is -1.60. The van der Waals surface area contributed by atoms with Gasteiger partial charge in [0.1, 0.15) is 5.54 Å². The van der Waals surface area contributed by atoms with E-state index in [0.29, 0.717) is 12.5 Å². The maximum Gasteiger partial charge on any atom is 0.248 e. The second kappa shape index (κ2) is 9.27. The molecule has 0 aromatic carbocycles. The molecule has 0 bridgehead atoms. The summed E-state index contributed by atoms with van der Waals surface area (Å²) in [4.78, 5) is 28.0. The summed E-state index contributed by atoms with van der Waals surface area (Å²) in [7, 11) is 0. The van der Waals surface area contributed by atoms with E-state index in [4.69, 9.17) is 0 Å². The minimum atomic E-state index is -0.616. The Kier molecular flexibility index (Phi) is 6.99. The number of amides is 2. The van der Waals surface area contributed by atoms with Crippen molar-refractivity contribution in [2.24, 2.45) is 5.92 Å². The predicted octanol–water partition coefficient (Wildman–Crippen LogP) is 1.68. The zero-order valence-electron chi connectivity index (χ0n) is 16.4. The highest BCUT2D eigenvalue weighted by atomic mass is 35.5. The van der Waals surface area contributed by atoms with Gasteiger partial charge in [0.15, 0.2) is 0 Å². The van der Waals surface area contributed by atoms with E-state index in [9.17, 15) is 9.59 Å². The number of nitrogens with one attached hydrogen (secondary N) is 2. The van der Waals surface area contributed by atoms with Gasteiger partial charge in [-0.25, -0.2) is 0 Å². The van der Waals surface area contributed by atoms with Crippen LogP contribution < -0.4 is 10.6 Å². The summed E-state index contributed by atoms with van der Waals surface area (Å²) in [5.74, 6) is 0.549. The van der Waals surface area contributed by atoms with E-state index in [2.05, 4.69) is 15.7 Å². The summed E-state index contributed by atoms with van der Waals surface area (Å²) < 4.78 is 1.82. The van der Waals surface area contributed by atoms with E-state index in [1.807, 2.05) is 21.8 Å². The van der Waals surface area contributed by atoms with Crippen LogP contribution in [0, 0.1) is 5.92 Å². The summed E-state index contributed by atoms with van der Waals surface area (Å²) in [5.41, 5.74) is -0.616. The number of carbonyl (C=O) groups is 2. The van der Waals surface area contributed by atoms with E-state index in [1.165, 1.54) is 19.3 Å². The average Bonchev–Trinajstić information content (AvgIpc) is 3.41. The first kappa shape index (κ1) is 21.1. The summed E-state index contributed by atoms with van der Waals surface area (Å²) in [6.07, 6.45) is 11.6. The van der Waals surface area contributed by atoms with Crippen LogP contribution in [-0.4, -0.2) is 58.7 Å². The number of hydrogen-bond acceptors (Lipinski definition) is 4. The van der Waals surface area contributed by atoms with Crippen LogP contribution in [0.25, 0.3) is 0 Å². The van der Waals surface area contributed by atoms with Crippen LogP contribution in [0.2, 0.25) is 0 Å². The highest BCUT2D eigenvalue weighted by molar-refractivity contribution is 5.85. The van der Waals surface area contributed by atoms with Crippen molar-refractivity contribution in [1.29, 1.82) is 0 Å². The first-order chi connectivity index (χ1) is 13.2. The van der Waals surface area contributed by atoms with Gasteiger partial charge in [0.05, 0.1) is 0 Å². The van der Waals surface area contributed by atoms with Crippen molar-refractivity contribution in [3.63, 3.8) is 0 Å². The zero-order valence-corrected chi connectivity index (χ0v) is 17.3. The molecule has 0 spiro atoms. The molecule has 1 unspecified atom stereocenters.